The summed E-state index contributed by atoms with van der Waals surface area (Å²) in [5.74, 6) is 0.620. The van der Waals surface area contributed by atoms with Crippen LogP contribution in [0, 0.1) is 11.3 Å². The first-order valence-electron chi connectivity index (χ1n) is 10.4. The van der Waals surface area contributed by atoms with Crippen molar-refractivity contribution in [1.29, 1.82) is 5.26 Å². The molecule has 0 spiro atoms. The molecular formula is C22H25ClN6O2. The number of ether oxygens (including phenoxy) is 1. The molecule has 0 radical (unpaired) electrons. The molecule has 0 bridgehead atoms. The van der Waals surface area contributed by atoms with Crippen LogP contribution in [0.5, 0.6) is 6.01 Å². The van der Waals surface area contributed by atoms with Crippen LogP contribution in [-0.4, -0.2) is 78.1 Å². The summed E-state index contributed by atoms with van der Waals surface area (Å²) in [6.45, 7) is 7.51. The average Bonchev–Trinajstić information content (AvgIpc) is 3.20. The third-order valence-electron chi connectivity index (χ3n) is 6.01. The highest BCUT2D eigenvalue weighted by atomic mass is 35.5. The first-order chi connectivity index (χ1) is 15.0. The summed E-state index contributed by atoms with van der Waals surface area (Å²) >= 11 is 6.27. The van der Waals surface area contributed by atoms with Gasteiger partial charge in [0.15, 0.2) is 0 Å². The molecule has 8 nitrogen and oxygen atoms in total. The first kappa shape index (κ1) is 21.3. The van der Waals surface area contributed by atoms with Crippen LogP contribution in [0.2, 0.25) is 5.02 Å². The monoisotopic (exact) mass is 440 g/mol. The summed E-state index contributed by atoms with van der Waals surface area (Å²) in [7, 11) is 2.10. The van der Waals surface area contributed by atoms with E-state index >= 15 is 0 Å². The Bertz CT molecular complexity index is 1040. The number of benzene rings is 1. The van der Waals surface area contributed by atoms with Gasteiger partial charge in [-0.05, 0) is 44.6 Å². The van der Waals surface area contributed by atoms with Gasteiger partial charge >= 0.3 is 6.01 Å². The van der Waals surface area contributed by atoms with Crippen LogP contribution in [0.15, 0.2) is 24.8 Å². The number of piperazine rings is 1. The van der Waals surface area contributed by atoms with Crippen LogP contribution >= 0.6 is 11.6 Å². The first-order valence-corrected chi connectivity index (χ1v) is 10.8. The molecule has 1 amide bonds. The zero-order valence-corrected chi connectivity index (χ0v) is 18.3. The number of likely N-dealkylation sites (N-methyl/N-ethyl adjacent to an activating group) is 1. The van der Waals surface area contributed by atoms with Crippen molar-refractivity contribution in [1.82, 2.24) is 19.8 Å². The maximum atomic E-state index is 11.9. The lowest BCUT2D eigenvalue weighted by Crippen LogP contribution is -2.48. The van der Waals surface area contributed by atoms with E-state index in [2.05, 4.69) is 34.5 Å². The Balaban J connectivity index is 1.65. The number of likely N-dealkylation sites (tertiary alicyclic amines) is 1. The second kappa shape index (κ2) is 9.08. The molecule has 2 saturated heterocycles. The van der Waals surface area contributed by atoms with Crippen molar-refractivity contribution in [2.45, 2.75) is 18.9 Å². The highest BCUT2D eigenvalue weighted by Crippen LogP contribution is 2.31. The fraction of sp³-hybridized carbons (Fsp3) is 0.455. The predicted octanol–water partition coefficient (Wildman–Crippen LogP) is 2.46. The van der Waals surface area contributed by atoms with Crippen molar-refractivity contribution in [2.75, 3.05) is 51.3 Å². The fourth-order valence-electron chi connectivity index (χ4n) is 4.13. The van der Waals surface area contributed by atoms with Crippen LogP contribution in [0.4, 0.5) is 5.82 Å². The molecule has 9 heteroatoms. The Kier molecular flexibility index (Phi) is 6.25. The molecule has 2 aliphatic rings. The van der Waals surface area contributed by atoms with Crippen molar-refractivity contribution in [3.63, 3.8) is 0 Å². The maximum absolute atomic E-state index is 11.9. The van der Waals surface area contributed by atoms with E-state index in [1.54, 1.807) is 17.0 Å². The average molecular weight is 441 g/mol. The van der Waals surface area contributed by atoms with E-state index in [-0.39, 0.29) is 5.91 Å². The number of fused-ring (bicyclic) bond motifs is 1. The molecular weight excluding hydrogens is 416 g/mol. The number of carbonyl (C=O) groups excluding carboxylic acids is 1. The molecule has 1 unspecified atom stereocenters. The summed E-state index contributed by atoms with van der Waals surface area (Å²) in [6.07, 6.45) is 3.59. The number of aromatic nitrogens is 2. The summed E-state index contributed by atoms with van der Waals surface area (Å²) < 4.78 is 6.00. The van der Waals surface area contributed by atoms with Gasteiger partial charge in [-0.15, -0.1) is 0 Å². The van der Waals surface area contributed by atoms with E-state index < -0.39 is 0 Å². The summed E-state index contributed by atoms with van der Waals surface area (Å²) in [4.78, 5) is 27.3. The number of anilines is 1. The highest BCUT2D eigenvalue weighted by Gasteiger charge is 2.25. The van der Waals surface area contributed by atoms with Crippen LogP contribution in [0.3, 0.4) is 0 Å². The molecule has 162 valence electrons. The van der Waals surface area contributed by atoms with Crippen LogP contribution in [0.25, 0.3) is 10.9 Å². The molecule has 1 aromatic heterocycles. The van der Waals surface area contributed by atoms with Gasteiger partial charge in [0.25, 0.3) is 0 Å². The fourth-order valence-corrected chi connectivity index (χ4v) is 4.33. The van der Waals surface area contributed by atoms with Gasteiger partial charge < -0.3 is 19.4 Å². The van der Waals surface area contributed by atoms with Gasteiger partial charge in [-0.1, -0.05) is 18.2 Å². The molecule has 2 aromatic rings. The number of nitrogens with zero attached hydrogens (tertiary/aromatic N) is 6. The van der Waals surface area contributed by atoms with Gasteiger partial charge in [0.05, 0.1) is 16.1 Å². The van der Waals surface area contributed by atoms with Gasteiger partial charge in [-0.2, -0.15) is 15.2 Å². The van der Waals surface area contributed by atoms with Crippen molar-refractivity contribution >= 4 is 34.2 Å². The third-order valence-corrected chi connectivity index (χ3v) is 6.32. The van der Waals surface area contributed by atoms with Crippen LogP contribution < -0.4 is 9.64 Å². The molecule has 0 saturated carbocycles. The second-order valence-electron chi connectivity index (χ2n) is 7.89. The van der Waals surface area contributed by atoms with Gasteiger partial charge in [0.1, 0.15) is 18.5 Å². The Morgan fingerprint density at radius 2 is 2.10 bits per heavy atom. The van der Waals surface area contributed by atoms with Crippen molar-refractivity contribution in [2.24, 2.45) is 0 Å². The zero-order chi connectivity index (χ0) is 22.0. The summed E-state index contributed by atoms with van der Waals surface area (Å²) in [5.41, 5.74) is 1.01. The largest absolute Gasteiger partial charge is 0.462 e. The van der Waals surface area contributed by atoms with E-state index in [9.17, 15) is 10.1 Å². The predicted molar refractivity (Wildman–Crippen MR) is 119 cm³/mol. The minimum atomic E-state index is -0.0737. The minimum Gasteiger partial charge on any atom is -0.462 e. The molecule has 1 atom stereocenters. The van der Waals surface area contributed by atoms with E-state index in [0.29, 0.717) is 66.8 Å². The number of nitriles is 1. The van der Waals surface area contributed by atoms with Crippen molar-refractivity contribution in [3.05, 3.63) is 35.4 Å². The Morgan fingerprint density at radius 3 is 2.74 bits per heavy atom. The minimum absolute atomic E-state index is 0.0737. The van der Waals surface area contributed by atoms with Crippen LogP contribution in [-0.2, 0) is 4.79 Å². The number of halogens is 1. The quantitative estimate of drug-likeness (QED) is 0.660. The molecule has 3 heterocycles. The topological polar surface area (TPSA) is 85.6 Å². The summed E-state index contributed by atoms with van der Waals surface area (Å²) in [5, 5.41) is 10.5. The van der Waals surface area contributed by atoms with Crippen molar-refractivity contribution in [3.8, 4) is 12.1 Å². The molecule has 31 heavy (non-hydrogen) atoms. The van der Waals surface area contributed by atoms with E-state index in [1.165, 1.54) is 6.08 Å². The maximum Gasteiger partial charge on any atom is 0.319 e. The third kappa shape index (κ3) is 4.43. The molecule has 1 aromatic carbocycles. The highest BCUT2D eigenvalue weighted by molar-refractivity contribution is 6.32. The molecule has 0 aliphatic carbocycles. The Hall–Kier alpha value is -2.89. The lowest BCUT2D eigenvalue weighted by atomic mass is 10.1. The lowest BCUT2D eigenvalue weighted by molar-refractivity contribution is -0.126. The standard InChI is InChI=1S/C22H25ClN6O2/c1-3-20(30)28-7-9-29(10-8-28)21-17-11-15(13-24)18(23)12-19(17)25-22(26-21)31-14-16-5-4-6-27(16)2/h3,11-12,16H,1,4-10,14H2,2H3. The summed E-state index contributed by atoms with van der Waals surface area (Å²) in [6, 6.07) is 6.18. The SMILES string of the molecule is C=CC(=O)N1CCN(c2nc(OCC3CCCN3C)nc3cc(Cl)c(C#N)cc23)CC1. The molecule has 0 N–H and O–H groups in total. The molecule has 2 aliphatic heterocycles. The van der Waals surface area contributed by atoms with Crippen molar-refractivity contribution < 1.29 is 9.53 Å². The smallest absolute Gasteiger partial charge is 0.319 e. The lowest BCUT2D eigenvalue weighted by Gasteiger charge is -2.35. The van der Waals surface area contributed by atoms with Gasteiger partial charge in [0, 0.05) is 37.6 Å². The van der Waals surface area contributed by atoms with E-state index in [4.69, 9.17) is 21.3 Å². The van der Waals surface area contributed by atoms with Crippen LogP contribution in [0.1, 0.15) is 18.4 Å². The number of hydrogen-bond donors (Lipinski definition) is 0. The second-order valence-corrected chi connectivity index (χ2v) is 8.30. The van der Waals surface area contributed by atoms with Gasteiger partial charge in [-0.25, -0.2) is 0 Å². The number of amides is 1. The normalized spacial score (nSPS) is 19.5. The zero-order valence-electron chi connectivity index (χ0n) is 17.6. The van der Waals surface area contributed by atoms with Gasteiger partial charge in [-0.3, -0.25) is 4.79 Å². The molecule has 2 fully saturated rings. The van der Waals surface area contributed by atoms with E-state index in [0.717, 1.165) is 24.8 Å². The Morgan fingerprint density at radius 1 is 1.32 bits per heavy atom. The Labute approximate surface area is 186 Å². The molecule has 4 rings (SSSR count). The van der Waals surface area contributed by atoms with Gasteiger partial charge in [0.2, 0.25) is 5.91 Å². The number of hydrogen-bond acceptors (Lipinski definition) is 7. The number of carbonyl (C=O) groups is 1. The van der Waals surface area contributed by atoms with E-state index in [1.807, 2.05) is 0 Å². The number of rotatable bonds is 5.